The Morgan fingerprint density at radius 3 is 2.57 bits per heavy atom. The summed E-state index contributed by atoms with van der Waals surface area (Å²) in [5.41, 5.74) is 2.12. The quantitative estimate of drug-likeness (QED) is 0.561. The second-order valence-corrected chi connectivity index (χ2v) is 8.51. The van der Waals surface area contributed by atoms with Crippen molar-refractivity contribution in [1.29, 1.82) is 0 Å². The summed E-state index contributed by atoms with van der Waals surface area (Å²) in [6, 6.07) is 10.9. The highest BCUT2D eigenvalue weighted by Crippen LogP contribution is 2.37. The number of nitrogens with zero attached hydrogens (tertiary/aromatic N) is 2. The van der Waals surface area contributed by atoms with Crippen LogP contribution in [0.1, 0.15) is 24.0 Å². The summed E-state index contributed by atoms with van der Waals surface area (Å²) in [6.07, 6.45) is 3.28. The molecule has 6 heteroatoms. The van der Waals surface area contributed by atoms with Gasteiger partial charge in [0.25, 0.3) is 0 Å². The Morgan fingerprint density at radius 2 is 1.90 bits per heavy atom. The molecular formula is C24H32ClFN2O2. The summed E-state index contributed by atoms with van der Waals surface area (Å²) >= 11 is 6.53. The molecule has 1 fully saturated rings. The zero-order valence-electron chi connectivity index (χ0n) is 18.2. The van der Waals surface area contributed by atoms with Gasteiger partial charge >= 0.3 is 0 Å². The molecule has 4 nitrogen and oxygen atoms in total. The van der Waals surface area contributed by atoms with E-state index in [1.807, 2.05) is 18.2 Å². The minimum absolute atomic E-state index is 0.149. The lowest BCUT2D eigenvalue weighted by atomic mass is 9.95. The number of rotatable bonds is 9. The Hall–Kier alpha value is -1.82. The second kappa shape index (κ2) is 11.0. The molecule has 0 spiro atoms. The first-order chi connectivity index (χ1) is 14.5. The van der Waals surface area contributed by atoms with Crippen LogP contribution in [0.3, 0.4) is 0 Å². The van der Waals surface area contributed by atoms with E-state index in [9.17, 15) is 4.39 Å². The standard InChI is InChI=1S/C24H32ClFN2O2/c1-27(17-20-7-8-22(29-2)24(30-3)23(20)25)16-19-10-13-28(14-11-19)12-9-18-5-4-6-21(26)15-18/h4-8,15,19H,9-14,16-17H2,1-3H3. The monoisotopic (exact) mass is 434 g/mol. The van der Waals surface area contributed by atoms with E-state index in [1.54, 1.807) is 26.4 Å². The number of piperidine rings is 1. The Bertz CT molecular complexity index is 825. The molecule has 1 aliphatic rings. The van der Waals surface area contributed by atoms with Gasteiger partial charge in [-0.1, -0.05) is 29.8 Å². The molecule has 164 valence electrons. The van der Waals surface area contributed by atoms with Crippen molar-refractivity contribution in [2.75, 3.05) is 47.4 Å². The number of hydrogen-bond donors (Lipinski definition) is 0. The smallest absolute Gasteiger partial charge is 0.179 e. The maximum absolute atomic E-state index is 13.3. The van der Waals surface area contributed by atoms with Gasteiger partial charge in [0.1, 0.15) is 5.82 Å². The summed E-state index contributed by atoms with van der Waals surface area (Å²) in [7, 11) is 5.37. The third-order valence-corrected chi connectivity index (χ3v) is 6.30. The molecule has 30 heavy (non-hydrogen) atoms. The van der Waals surface area contributed by atoms with Gasteiger partial charge in [-0.2, -0.15) is 0 Å². The van der Waals surface area contributed by atoms with Crippen LogP contribution >= 0.6 is 11.6 Å². The highest BCUT2D eigenvalue weighted by molar-refractivity contribution is 6.33. The van der Waals surface area contributed by atoms with Crippen molar-refractivity contribution in [1.82, 2.24) is 9.80 Å². The topological polar surface area (TPSA) is 24.9 Å². The van der Waals surface area contributed by atoms with Crippen molar-refractivity contribution in [2.24, 2.45) is 5.92 Å². The van der Waals surface area contributed by atoms with Gasteiger partial charge in [-0.25, -0.2) is 4.39 Å². The van der Waals surface area contributed by atoms with Crippen LogP contribution in [-0.4, -0.2) is 57.2 Å². The fourth-order valence-electron chi connectivity index (χ4n) is 4.22. The van der Waals surface area contributed by atoms with Crippen molar-refractivity contribution >= 4 is 11.6 Å². The highest BCUT2D eigenvalue weighted by Gasteiger charge is 2.21. The molecule has 0 aliphatic carbocycles. The molecule has 3 rings (SSSR count). The summed E-state index contributed by atoms with van der Waals surface area (Å²) in [5, 5.41) is 0.621. The average Bonchev–Trinajstić information content (AvgIpc) is 2.74. The van der Waals surface area contributed by atoms with Gasteiger partial charge in [0.15, 0.2) is 11.5 Å². The first-order valence-corrected chi connectivity index (χ1v) is 10.9. The maximum atomic E-state index is 13.3. The molecule has 0 radical (unpaired) electrons. The van der Waals surface area contributed by atoms with Gasteiger partial charge in [0, 0.05) is 19.6 Å². The average molecular weight is 435 g/mol. The van der Waals surface area contributed by atoms with Crippen LogP contribution in [0.25, 0.3) is 0 Å². The predicted octanol–water partition coefficient (Wildman–Crippen LogP) is 4.88. The number of hydrogen-bond acceptors (Lipinski definition) is 4. The molecule has 0 unspecified atom stereocenters. The molecule has 0 atom stereocenters. The van der Waals surface area contributed by atoms with Crippen LogP contribution in [0.5, 0.6) is 11.5 Å². The highest BCUT2D eigenvalue weighted by atomic mass is 35.5. The lowest BCUT2D eigenvalue weighted by Gasteiger charge is -2.34. The molecule has 0 bridgehead atoms. The molecule has 1 saturated heterocycles. The molecule has 2 aromatic carbocycles. The summed E-state index contributed by atoms with van der Waals surface area (Å²) < 4.78 is 24.1. The van der Waals surface area contributed by atoms with Gasteiger partial charge in [0.2, 0.25) is 0 Å². The Labute approximate surface area is 184 Å². The van der Waals surface area contributed by atoms with Gasteiger partial charge in [0.05, 0.1) is 19.2 Å². The normalized spacial score (nSPS) is 15.5. The second-order valence-electron chi connectivity index (χ2n) is 8.14. The zero-order valence-corrected chi connectivity index (χ0v) is 18.9. The van der Waals surface area contributed by atoms with Crippen LogP contribution in [0.4, 0.5) is 4.39 Å². The van der Waals surface area contributed by atoms with Crippen LogP contribution in [0.2, 0.25) is 5.02 Å². The minimum Gasteiger partial charge on any atom is -0.493 e. The molecule has 0 saturated carbocycles. The van der Waals surface area contributed by atoms with Crippen molar-refractivity contribution in [2.45, 2.75) is 25.8 Å². The fraction of sp³-hybridized carbons (Fsp3) is 0.500. The Kier molecular flexibility index (Phi) is 8.37. The lowest BCUT2D eigenvalue weighted by molar-refractivity contribution is 0.153. The summed E-state index contributed by atoms with van der Waals surface area (Å²) in [5.74, 6) is 1.78. The van der Waals surface area contributed by atoms with E-state index in [0.717, 1.165) is 50.3 Å². The van der Waals surface area contributed by atoms with Gasteiger partial charge in [-0.05, 0) is 74.6 Å². The number of likely N-dealkylation sites (tertiary alicyclic amines) is 1. The van der Waals surface area contributed by atoms with Crippen molar-refractivity contribution in [3.05, 3.63) is 58.4 Å². The minimum atomic E-state index is -0.149. The van der Waals surface area contributed by atoms with E-state index >= 15 is 0 Å². The van der Waals surface area contributed by atoms with Gasteiger partial charge in [-0.15, -0.1) is 0 Å². The van der Waals surface area contributed by atoms with Crippen molar-refractivity contribution < 1.29 is 13.9 Å². The molecular weight excluding hydrogens is 403 g/mol. The summed E-state index contributed by atoms with van der Waals surface area (Å²) in [6.45, 7) is 5.02. The third kappa shape index (κ3) is 6.10. The van der Waals surface area contributed by atoms with Crippen LogP contribution in [0.15, 0.2) is 36.4 Å². The zero-order chi connectivity index (χ0) is 21.5. The van der Waals surface area contributed by atoms with Gasteiger partial charge in [-0.3, -0.25) is 0 Å². The number of benzene rings is 2. The maximum Gasteiger partial charge on any atom is 0.179 e. The van der Waals surface area contributed by atoms with Crippen molar-refractivity contribution in [3.8, 4) is 11.5 Å². The van der Waals surface area contributed by atoms with E-state index in [1.165, 1.54) is 18.9 Å². The van der Waals surface area contributed by atoms with E-state index in [-0.39, 0.29) is 5.82 Å². The Balaban J connectivity index is 1.44. The number of ether oxygens (including phenoxy) is 2. The number of methoxy groups -OCH3 is 2. The largest absolute Gasteiger partial charge is 0.493 e. The molecule has 1 heterocycles. The van der Waals surface area contributed by atoms with Gasteiger partial charge < -0.3 is 19.3 Å². The predicted molar refractivity (Wildman–Crippen MR) is 120 cm³/mol. The van der Waals surface area contributed by atoms with E-state index in [2.05, 4.69) is 16.8 Å². The number of halogens is 2. The first-order valence-electron chi connectivity index (χ1n) is 10.5. The molecule has 0 N–H and O–H groups in total. The fourth-order valence-corrected chi connectivity index (χ4v) is 4.51. The molecule has 2 aromatic rings. The van der Waals surface area contributed by atoms with E-state index < -0.39 is 0 Å². The molecule has 1 aliphatic heterocycles. The van der Waals surface area contributed by atoms with E-state index in [4.69, 9.17) is 21.1 Å². The molecule has 0 amide bonds. The van der Waals surface area contributed by atoms with E-state index in [0.29, 0.717) is 22.4 Å². The molecule has 0 aromatic heterocycles. The van der Waals surface area contributed by atoms with Crippen LogP contribution < -0.4 is 9.47 Å². The third-order valence-electron chi connectivity index (χ3n) is 5.89. The summed E-state index contributed by atoms with van der Waals surface area (Å²) in [4.78, 5) is 4.83. The van der Waals surface area contributed by atoms with Crippen LogP contribution in [0, 0.1) is 11.7 Å². The van der Waals surface area contributed by atoms with Crippen molar-refractivity contribution in [3.63, 3.8) is 0 Å². The SMILES string of the molecule is COc1ccc(CN(C)CC2CCN(CCc3cccc(F)c3)CC2)c(Cl)c1OC. The van der Waals surface area contributed by atoms with Crippen LogP contribution in [-0.2, 0) is 13.0 Å². The first kappa shape index (κ1) is 22.9. The Morgan fingerprint density at radius 1 is 1.13 bits per heavy atom. The lowest BCUT2D eigenvalue weighted by Crippen LogP contribution is -2.38.